The van der Waals surface area contributed by atoms with Crippen molar-refractivity contribution in [3.05, 3.63) is 54.2 Å². The molecule has 4 heteroatoms. The molecule has 1 aromatic heterocycles. The number of nitrogens with two attached hydrogens (primary N) is 1. The number of aromatic hydroxyl groups is 1. The van der Waals surface area contributed by atoms with Crippen LogP contribution in [0.25, 0.3) is 10.9 Å². The van der Waals surface area contributed by atoms with Gasteiger partial charge in [-0.2, -0.15) is 0 Å². The largest absolute Gasteiger partial charge is 0.508 e. The van der Waals surface area contributed by atoms with Gasteiger partial charge in [0.2, 0.25) is 0 Å². The second kappa shape index (κ2) is 4.57. The standard InChI is InChI=1S/C15H14N2O2/c16-11-4-5-15-10(6-11)7-12(17-15)9-19-14-3-1-2-13(18)8-14/h1-8,17-18H,9,16H2. The van der Waals surface area contributed by atoms with Crippen molar-refractivity contribution >= 4 is 16.6 Å². The van der Waals surface area contributed by atoms with Crippen molar-refractivity contribution in [3.63, 3.8) is 0 Å². The summed E-state index contributed by atoms with van der Waals surface area (Å²) in [5.74, 6) is 0.833. The Hall–Kier alpha value is -2.62. The highest BCUT2D eigenvalue weighted by molar-refractivity contribution is 5.83. The molecule has 96 valence electrons. The van der Waals surface area contributed by atoms with E-state index in [0.717, 1.165) is 22.3 Å². The number of ether oxygens (including phenoxy) is 1. The number of aromatic nitrogens is 1. The van der Waals surface area contributed by atoms with Crippen LogP contribution in [-0.4, -0.2) is 10.1 Å². The molecule has 3 aromatic rings. The summed E-state index contributed by atoms with van der Waals surface area (Å²) in [4.78, 5) is 3.26. The molecular weight excluding hydrogens is 240 g/mol. The van der Waals surface area contributed by atoms with Gasteiger partial charge in [0.25, 0.3) is 0 Å². The lowest BCUT2D eigenvalue weighted by Crippen LogP contribution is -1.94. The minimum Gasteiger partial charge on any atom is -0.508 e. The first-order chi connectivity index (χ1) is 9.20. The first kappa shape index (κ1) is 11.5. The average Bonchev–Trinajstić information content (AvgIpc) is 2.78. The summed E-state index contributed by atoms with van der Waals surface area (Å²) in [5, 5.41) is 10.4. The van der Waals surface area contributed by atoms with Gasteiger partial charge in [0.15, 0.2) is 0 Å². The van der Waals surface area contributed by atoms with Gasteiger partial charge < -0.3 is 20.6 Å². The molecule has 19 heavy (non-hydrogen) atoms. The maximum atomic E-state index is 9.35. The average molecular weight is 254 g/mol. The third-order valence-electron chi connectivity index (χ3n) is 2.91. The summed E-state index contributed by atoms with van der Waals surface area (Å²) < 4.78 is 5.61. The Kier molecular flexibility index (Phi) is 2.76. The monoisotopic (exact) mass is 254 g/mol. The maximum absolute atomic E-state index is 9.35. The SMILES string of the molecule is Nc1ccc2[nH]c(COc3cccc(O)c3)cc2c1. The van der Waals surface area contributed by atoms with Crippen LogP contribution in [-0.2, 0) is 6.61 Å². The molecule has 1 heterocycles. The first-order valence-corrected chi connectivity index (χ1v) is 6.00. The number of fused-ring (bicyclic) bond motifs is 1. The van der Waals surface area contributed by atoms with Crippen LogP contribution in [0.4, 0.5) is 5.69 Å². The van der Waals surface area contributed by atoms with Crippen LogP contribution in [0, 0.1) is 0 Å². The van der Waals surface area contributed by atoms with Crippen molar-refractivity contribution in [2.75, 3.05) is 5.73 Å². The van der Waals surface area contributed by atoms with E-state index in [0.29, 0.717) is 12.4 Å². The molecule has 0 aliphatic carbocycles. The zero-order valence-electron chi connectivity index (χ0n) is 10.3. The van der Waals surface area contributed by atoms with Gasteiger partial charge in [0, 0.05) is 22.7 Å². The summed E-state index contributed by atoms with van der Waals surface area (Å²) in [5.41, 5.74) is 8.48. The molecule has 3 rings (SSSR count). The highest BCUT2D eigenvalue weighted by Crippen LogP contribution is 2.21. The van der Waals surface area contributed by atoms with Crippen molar-refractivity contribution in [2.24, 2.45) is 0 Å². The van der Waals surface area contributed by atoms with Gasteiger partial charge in [-0.25, -0.2) is 0 Å². The number of hydrogen-bond acceptors (Lipinski definition) is 3. The minimum atomic E-state index is 0.196. The number of rotatable bonds is 3. The number of anilines is 1. The quantitative estimate of drug-likeness (QED) is 0.629. The fraction of sp³-hybridized carbons (Fsp3) is 0.0667. The molecule has 0 bridgehead atoms. The van der Waals surface area contributed by atoms with E-state index in [-0.39, 0.29) is 5.75 Å². The second-order valence-corrected chi connectivity index (χ2v) is 4.43. The summed E-state index contributed by atoms with van der Waals surface area (Å²) in [7, 11) is 0. The molecule has 0 aliphatic heterocycles. The Balaban J connectivity index is 1.78. The molecule has 2 aromatic carbocycles. The Morgan fingerprint density at radius 1 is 1.11 bits per heavy atom. The van der Waals surface area contributed by atoms with Crippen molar-refractivity contribution in [1.82, 2.24) is 4.98 Å². The molecule has 0 fully saturated rings. The summed E-state index contributed by atoms with van der Waals surface area (Å²) in [6.07, 6.45) is 0. The van der Waals surface area contributed by atoms with E-state index in [1.54, 1.807) is 24.3 Å². The van der Waals surface area contributed by atoms with Crippen LogP contribution in [0.2, 0.25) is 0 Å². The number of benzene rings is 2. The second-order valence-electron chi connectivity index (χ2n) is 4.43. The Bertz CT molecular complexity index is 719. The summed E-state index contributed by atoms with van der Waals surface area (Å²) in [6, 6.07) is 14.5. The zero-order valence-corrected chi connectivity index (χ0v) is 10.3. The van der Waals surface area contributed by atoms with Crippen molar-refractivity contribution < 1.29 is 9.84 Å². The van der Waals surface area contributed by atoms with E-state index < -0.39 is 0 Å². The molecule has 0 amide bonds. The number of phenols is 1. The number of phenolic OH excluding ortho intramolecular Hbond substituents is 1. The topological polar surface area (TPSA) is 71.3 Å². The van der Waals surface area contributed by atoms with E-state index in [1.807, 2.05) is 24.3 Å². The van der Waals surface area contributed by atoms with E-state index in [2.05, 4.69) is 4.98 Å². The Labute approximate surface area is 110 Å². The number of aromatic amines is 1. The lowest BCUT2D eigenvalue weighted by Gasteiger charge is -2.04. The van der Waals surface area contributed by atoms with Crippen molar-refractivity contribution in [1.29, 1.82) is 0 Å². The molecule has 0 spiro atoms. The van der Waals surface area contributed by atoms with Crippen molar-refractivity contribution in [2.45, 2.75) is 6.61 Å². The van der Waals surface area contributed by atoms with Gasteiger partial charge in [-0.3, -0.25) is 0 Å². The van der Waals surface area contributed by atoms with Crippen LogP contribution in [0.15, 0.2) is 48.5 Å². The lowest BCUT2D eigenvalue weighted by atomic mass is 10.2. The van der Waals surface area contributed by atoms with Crippen LogP contribution in [0.5, 0.6) is 11.5 Å². The minimum absolute atomic E-state index is 0.196. The van der Waals surface area contributed by atoms with E-state index in [9.17, 15) is 5.11 Å². The fourth-order valence-electron chi connectivity index (χ4n) is 2.02. The van der Waals surface area contributed by atoms with E-state index >= 15 is 0 Å². The van der Waals surface area contributed by atoms with Gasteiger partial charge in [-0.1, -0.05) is 6.07 Å². The highest BCUT2D eigenvalue weighted by atomic mass is 16.5. The van der Waals surface area contributed by atoms with Crippen LogP contribution >= 0.6 is 0 Å². The molecule has 0 atom stereocenters. The third-order valence-corrected chi connectivity index (χ3v) is 2.91. The first-order valence-electron chi connectivity index (χ1n) is 6.00. The Morgan fingerprint density at radius 2 is 2.00 bits per heavy atom. The molecule has 0 radical (unpaired) electrons. The number of hydrogen-bond donors (Lipinski definition) is 3. The fourth-order valence-corrected chi connectivity index (χ4v) is 2.02. The lowest BCUT2D eigenvalue weighted by molar-refractivity contribution is 0.300. The van der Waals surface area contributed by atoms with Crippen LogP contribution in [0.1, 0.15) is 5.69 Å². The zero-order chi connectivity index (χ0) is 13.2. The molecule has 0 saturated carbocycles. The molecule has 4 N–H and O–H groups in total. The molecule has 0 unspecified atom stereocenters. The highest BCUT2D eigenvalue weighted by Gasteiger charge is 2.02. The van der Waals surface area contributed by atoms with Gasteiger partial charge in [0.1, 0.15) is 18.1 Å². The van der Waals surface area contributed by atoms with Gasteiger partial charge >= 0.3 is 0 Å². The Morgan fingerprint density at radius 3 is 2.84 bits per heavy atom. The summed E-state index contributed by atoms with van der Waals surface area (Å²) in [6.45, 7) is 0.415. The molecule has 0 saturated heterocycles. The predicted octanol–water partition coefficient (Wildman–Crippen LogP) is 3.03. The van der Waals surface area contributed by atoms with E-state index in [4.69, 9.17) is 10.5 Å². The number of nitrogens with one attached hydrogen (secondary N) is 1. The smallest absolute Gasteiger partial charge is 0.128 e. The molecule has 4 nitrogen and oxygen atoms in total. The predicted molar refractivity (Wildman–Crippen MR) is 75.1 cm³/mol. The van der Waals surface area contributed by atoms with Crippen molar-refractivity contribution in [3.8, 4) is 11.5 Å². The maximum Gasteiger partial charge on any atom is 0.128 e. The van der Waals surface area contributed by atoms with Gasteiger partial charge in [0.05, 0.1) is 5.69 Å². The number of nitrogen functional groups attached to an aromatic ring is 1. The normalized spacial score (nSPS) is 10.7. The van der Waals surface area contributed by atoms with Crippen LogP contribution in [0.3, 0.4) is 0 Å². The van der Waals surface area contributed by atoms with Gasteiger partial charge in [-0.05, 0) is 36.4 Å². The van der Waals surface area contributed by atoms with Gasteiger partial charge in [-0.15, -0.1) is 0 Å². The third kappa shape index (κ3) is 2.47. The summed E-state index contributed by atoms with van der Waals surface area (Å²) >= 11 is 0. The van der Waals surface area contributed by atoms with Crippen LogP contribution < -0.4 is 10.5 Å². The van der Waals surface area contributed by atoms with E-state index in [1.165, 1.54) is 0 Å². The molecular formula is C15H14N2O2. The number of H-pyrrole nitrogens is 1. The molecule has 0 aliphatic rings.